The number of rotatable bonds is 4. The number of sulfonamides is 1. The maximum Gasteiger partial charge on any atom is 0.229 e. The van der Waals surface area contributed by atoms with Gasteiger partial charge in [-0.05, 0) is 6.92 Å². The molecule has 0 radical (unpaired) electrons. The lowest BCUT2D eigenvalue weighted by atomic mass is 10.5. The van der Waals surface area contributed by atoms with Crippen molar-refractivity contribution in [3.8, 4) is 12.1 Å². The second kappa shape index (κ2) is 4.80. The molecule has 0 amide bonds. The molecule has 0 N–H and O–H groups in total. The van der Waals surface area contributed by atoms with Crippen LogP contribution in [-0.4, -0.2) is 31.6 Å². The van der Waals surface area contributed by atoms with E-state index in [1.54, 1.807) is 6.07 Å². The summed E-state index contributed by atoms with van der Waals surface area (Å²) in [5.41, 5.74) is 0. The van der Waals surface area contributed by atoms with Crippen LogP contribution in [-0.2, 0) is 10.0 Å². The average molecular weight is 201 g/mol. The Morgan fingerprint density at radius 3 is 2.38 bits per heavy atom. The summed E-state index contributed by atoms with van der Waals surface area (Å²) in [6, 6.07) is 3.49. The van der Waals surface area contributed by atoms with Gasteiger partial charge in [-0.15, -0.1) is 0 Å². The summed E-state index contributed by atoms with van der Waals surface area (Å²) < 4.78 is 23.8. The fourth-order valence-electron chi connectivity index (χ4n) is 0.671. The van der Waals surface area contributed by atoms with Gasteiger partial charge < -0.3 is 0 Å². The SMILES string of the molecule is CC(C#N)S(=O)(=O)N(C)CCC#N. The summed E-state index contributed by atoms with van der Waals surface area (Å²) in [4.78, 5) is 0. The van der Waals surface area contributed by atoms with Crippen molar-refractivity contribution < 1.29 is 8.42 Å². The van der Waals surface area contributed by atoms with Crippen LogP contribution in [0.4, 0.5) is 0 Å². The van der Waals surface area contributed by atoms with Gasteiger partial charge in [0, 0.05) is 20.0 Å². The lowest BCUT2D eigenvalue weighted by Gasteiger charge is -2.16. The third-order valence-corrected chi connectivity index (χ3v) is 3.65. The molecule has 0 aromatic carbocycles. The molecule has 0 spiro atoms. The number of nitrogens with zero attached hydrogens (tertiary/aromatic N) is 3. The summed E-state index contributed by atoms with van der Waals surface area (Å²) in [5, 5.41) is 15.6. The Bertz CT molecular complexity index is 336. The Balaban J connectivity index is 4.50. The lowest BCUT2D eigenvalue weighted by molar-refractivity contribution is 0.473. The van der Waals surface area contributed by atoms with Crippen LogP contribution in [0.3, 0.4) is 0 Å². The van der Waals surface area contributed by atoms with Gasteiger partial charge in [0.1, 0.15) is 0 Å². The highest BCUT2D eigenvalue weighted by Gasteiger charge is 2.24. The number of hydrogen-bond donors (Lipinski definition) is 0. The maximum atomic E-state index is 11.4. The van der Waals surface area contributed by atoms with Crippen molar-refractivity contribution in [2.75, 3.05) is 13.6 Å². The minimum absolute atomic E-state index is 0.130. The average Bonchev–Trinajstić information content (AvgIpc) is 2.12. The summed E-state index contributed by atoms with van der Waals surface area (Å²) in [6.45, 7) is 1.45. The van der Waals surface area contributed by atoms with E-state index >= 15 is 0 Å². The second-order valence-electron chi connectivity index (χ2n) is 2.55. The first-order valence-corrected chi connectivity index (χ1v) is 5.19. The predicted molar refractivity (Wildman–Crippen MR) is 46.9 cm³/mol. The topological polar surface area (TPSA) is 85.0 Å². The minimum atomic E-state index is -3.54. The quantitative estimate of drug-likeness (QED) is 0.644. The molecule has 0 heterocycles. The fraction of sp³-hybridized carbons (Fsp3) is 0.714. The normalized spacial score (nSPS) is 13.3. The van der Waals surface area contributed by atoms with Crippen molar-refractivity contribution in [3.05, 3.63) is 0 Å². The third kappa shape index (κ3) is 3.02. The molecule has 0 aromatic heterocycles. The van der Waals surface area contributed by atoms with Crippen molar-refractivity contribution in [1.82, 2.24) is 4.31 Å². The first kappa shape index (κ1) is 11.9. The van der Waals surface area contributed by atoms with Gasteiger partial charge in [0.25, 0.3) is 0 Å². The summed E-state index contributed by atoms with van der Waals surface area (Å²) in [5.74, 6) is 0. The van der Waals surface area contributed by atoms with Crippen LogP contribution in [0.2, 0.25) is 0 Å². The highest BCUT2D eigenvalue weighted by atomic mass is 32.2. The molecule has 5 nitrogen and oxygen atoms in total. The zero-order valence-corrected chi connectivity index (χ0v) is 8.37. The van der Waals surface area contributed by atoms with E-state index in [9.17, 15) is 8.42 Å². The molecule has 0 saturated carbocycles. The van der Waals surface area contributed by atoms with E-state index < -0.39 is 15.3 Å². The van der Waals surface area contributed by atoms with Crippen molar-refractivity contribution in [2.24, 2.45) is 0 Å². The van der Waals surface area contributed by atoms with Crippen LogP contribution < -0.4 is 0 Å². The molecule has 1 atom stereocenters. The van der Waals surface area contributed by atoms with Gasteiger partial charge in [0.15, 0.2) is 5.25 Å². The second-order valence-corrected chi connectivity index (χ2v) is 4.91. The third-order valence-electron chi connectivity index (χ3n) is 1.60. The molecule has 72 valence electrons. The molecule has 0 aliphatic heterocycles. The van der Waals surface area contributed by atoms with E-state index in [0.29, 0.717) is 0 Å². The van der Waals surface area contributed by atoms with E-state index in [-0.39, 0.29) is 13.0 Å². The molecule has 1 unspecified atom stereocenters. The molecule has 0 aromatic rings. The van der Waals surface area contributed by atoms with Crippen LogP contribution in [0.5, 0.6) is 0 Å². The molecule has 0 fully saturated rings. The first-order valence-electron chi connectivity index (χ1n) is 3.68. The molecule has 0 aliphatic carbocycles. The predicted octanol–water partition coefficient (Wildman–Crippen LogP) is 0.0738. The van der Waals surface area contributed by atoms with Crippen molar-refractivity contribution in [1.29, 1.82) is 10.5 Å². The Hall–Kier alpha value is -1.11. The summed E-state index contributed by atoms with van der Waals surface area (Å²) in [6.07, 6.45) is 0.133. The van der Waals surface area contributed by atoms with Gasteiger partial charge in [-0.2, -0.15) is 10.5 Å². The van der Waals surface area contributed by atoms with Crippen LogP contribution >= 0.6 is 0 Å². The molecule has 0 saturated heterocycles. The van der Waals surface area contributed by atoms with E-state index in [1.165, 1.54) is 14.0 Å². The van der Waals surface area contributed by atoms with Crippen LogP contribution in [0, 0.1) is 22.7 Å². The smallest absolute Gasteiger partial charge is 0.211 e. The van der Waals surface area contributed by atoms with Gasteiger partial charge in [0.05, 0.1) is 12.1 Å². The lowest BCUT2D eigenvalue weighted by Crippen LogP contribution is -2.34. The number of hydrogen-bond acceptors (Lipinski definition) is 4. The standard InChI is InChI=1S/C7H11N3O2S/c1-7(6-9)13(11,12)10(2)5-3-4-8/h7H,3,5H2,1-2H3. The van der Waals surface area contributed by atoms with Crippen LogP contribution in [0.25, 0.3) is 0 Å². The highest BCUT2D eigenvalue weighted by Crippen LogP contribution is 2.05. The van der Waals surface area contributed by atoms with E-state index in [4.69, 9.17) is 10.5 Å². The number of nitriles is 2. The van der Waals surface area contributed by atoms with E-state index in [1.807, 2.05) is 6.07 Å². The fourth-order valence-corrected chi connectivity index (χ4v) is 1.69. The molecule has 0 rings (SSSR count). The maximum absolute atomic E-state index is 11.4. The molecule has 13 heavy (non-hydrogen) atoms. The van der Waals surface area contributed by atoms with Crippen molar-refractivity contribution in [3.63, 3.8) is 0 Å². The van der Waals surface area contributed by atoms with E-state index in [0.717, 1.165) is 4.31 Å². The van der Waals surface area contributed by atoms with Crippen molar-refractivity contribution >= 4 is 10.0 Å². The zero-order chi connectivity index (χ0) is 10.5. The Morgan fingerprint density at radius 2 is 2.00 bits per heavy atom. The Labute approximate surface area is 78.2 Å². The largest absolute Gasteiger partial charge is 0.229 e. The van der Waals surface area contributed by atoms with Crippen LogP contribution in [0.1, 0.15) is 13.3 Å². The molecule has 0 bridgehead atoms. The molecule has 6 heteroatoms. The highest BCUT2D eigenvalue weighted by molar-refractivity contribution is 7.89. The first-order chi connectivity index (χ1) is 5.96. The monoisotopic (exact) mass is 201 g/mol. The van der Waals surface area contributed by atoms with Gasteiger partial charge >= 0.3 is 0 Å². The van der Waals surface area contributed by atoms with Crippen molar-refractivity contribution in [2.45, 2.75) is 18.6 Å². The Kier molecular flexibility index (Phi) is 4.39. The zero-order valence-electron chi connectivity index (χ0n) is 7.56. The van der Waals surface area contributed by atoms with Crippen LogP contribution in [0.15, 0.2) is 0 Å². The van der Waals surface area contributed by atoms with Gasteiger partial charge in [-0.1, -0.05) is 0 Å². The molecular formula is C7H11N3O2S. The molecular weight excluding hydrogens is 190 g/mol. The Morgan fingerprint density at radius 1 is 1.46 bits per heavy atom. The van der Waals surface area contributed by atoms with Gasteiger partial charge in [-0.25, -0.2) is 12.7 Å². The summed E-state index contributed by atoms with van der Waals surface area (Å²) >= 11 is 0. The summed E-state index contributed by atoms with van der Waals surface area (Å²) in [7, 11) is -2.18. The minimum Gasteiger partial charge on any atom is -0.211 e. The van der Waals surface area contributed by atoms with Gasteiger partial charge in [-0.3, -0.25) is 0 Å². The molecule has 0 aliphatic rings. The van der Waals surface area contributed by atoms with E-state index in [2.05, 4.69) is 0 Å². The van der Waals surface area contributed by atoms with Gasteiger partial charge in [0.2, 0.25) is 10.0 Å².